The van der Waals surface area contributed by atoms with Crippen molar-refractivity contribution < 1.29 is 14.7 Å². The Hall–Kier alpha value is -2.81. The first-order chi connectivity index (χ1) is 13.5. The smallest absolute Gasteiger partial charge is 0.290 e. The molecule has 0 unspecified atom stereocenters. The van der Waals surface area contributed by atoms with Crippen LogP contribution in [-0.2, 0) is 18.4 Å². The number of rotatable bonds is 4. The van der Waals surface area contributed by atoms with Crippen molar-refractivity contribution in [2.75, 3.05) is 13.1 Å². The summed E-state index contributed by atoms with van der Waals surface area (Å²) >= 11 is 0. The monoisotopic (exact) mass is 386 g/mol. The molecule has 2 aliphatic rings. The summed E-state index contributed by atoms with van der Waals surface area (Å²) in [7, 11) is 1.96. The molecule has 1 saturated carbocycles. The van der Waals surface area contributed by atoms with E-state index in [1.165, 1.54) is 24.6 Å². The van der Waals surface area contributed by atoms with Crippen LogP contribution in [0.5, 0.6) is 0 Å². The maximum Gasteiger partial charge on any atom is 0.290 e. The zero-order chi connectivity index (χ0) is 20.0. The maximum absolute atomic E-state index is 12.2. The van der Waals surface area contributed by atoms with E-state index in [-0.39, 0.29) is 12.4 Å². The normalized spacial score (nSPS) is 18.6. The maximum atomic E-state index is 12.2. The third-order valence-corrected chi connectivity index (χ3v) is 5.62. The summed E-state index contributed by atoms with van der Waals surface area (Å²) in [5, 5.41) is 21.7. The van der Waals surface area contributed by atoms with Gasteiger partial charge in [-0.2, -0.15) is 15.3 Å². The Bertz CT molecular complexity index is 778. The molecule has 9 nitrogen and oxygen atoms in total. The first kappa shape index (κ1) is 19.9. The Morgan fingerprint density at radius 2 is 2.04 bits per heavy atom. The molecule has 3 heterocycles. The van der Waals surface area contributed by atoms with Gasteiger partial charge in [0.2, 0.25) is 0 Å². The van der Waals surface area contributed by atoms with Crippen molar-refractivity contribution >= 4 is 12.4 Å². The van der Waals surface area contributed by atoms with Crippen LogP contribution in [0, 0.1) is 5.41 Å². The minimum atomic E-state index is -0.250. The Morgan fingerprint density at radius 3 is 2.61 bits per heavy atom. The highest BCUT2D eigenvalue weighted by molar-refractivity contribution is 5.94. The molecule has 2 aromatic heterocycles. The third kappa shape index (κ3) is 4.92. The molecule has 1 aliphatic heterocycles. The minimum absolute atomic E-state index is 0.0382. The van der Waals surface area contributed by atoms with Crippen LogP contribution >= 0.6 is 0 Å². The van der Waals surface area contributed by atoms with E-state index >= 15 is 0 Å². The van der Waals surface area contributed by atoms with E-state index in [0.29, 0.717) is 17.0 Å². The standard InChI is InChI=1S/C18H24N6O.CH2O2/c1-23-12-14(10-21-23)13-24-6-3-18(4-7-24)8-16(9-18)22-17(25)15-2-5-19-20-11-15;2-1-3/h2,5,10-12,16H,3-4,6-9,13H2,1H3,(H,22,25);1H,(H,2,3). The van der Waals surface area contributed by atoms with Crippen LogP contribution in [0.1, 0.15) is 41.6 Å². The highest BCUT2D eigenvalue weighted by Crippen LogP contribution is 2.49. The summed E-state index contributed by atoms with van der Waals surface area (Å²) in [4.78, 5) is 23.1. The van der Waals surface area contributed by atoms with E-state index in [1.807, 2.05) is 17.9 Å². The van der Waals surface area contributed by atoms with Crippen LogP contribution in [0.4, 0.5) is 0 Å². The number of carboxylic acid groups (broad SMARTS) is 1. The molecule has 2 fully saturated rings. The molecular formula is C19H26N6O3. The second-order valence-corrected chi connectivity index (χ2v) is 7.61. The predicted molar refractivity (Wildman–Crippen MR) is 101 cm³/mol. The number of nitrogens with zero attached hydrogens (tertiary/aromatic N) is 5. The Morgan fingerprint density at radius 1 is 1.32 bits per heavy atom. The van der Waals surface area contributed by atoms with Gasteiger partial charge in [-0.05, 0) is 50.3 Å². The summed E-state index contributed by atoms with van der Waals surface area (Å²) in [6.07, 6.45) is 11.7. The van der Waals surface area contributed by atoms with Gasteiger partial charge in [-0.3, -0.25) is 19.2 Å². The van der Waals surface area contributed by atoms with Gasteiger partial charge in [-0.1, -0.05) is 0 Å². The summed E-state index contributed by atoms with van der Waals surface area (Å²) in [5.41, 5.74) is 2.30. The number of carbonyl (C=O) groups excluding carboxylic acids is 1. The highest BCUT2D eigenvalue weighted by atomic mass is 16.3. The van der Waals surface area contributed by atoms with E-state index in [9.17, 15) is 4.79 Å². The van der Waals surface area contributed by atoms with Gasteiger partial charge in [0.25, 0.3) is 12.4 Å². The van der Waals surface area contributed by atoms with Gasteiger partial charge >= 0.3 is 0 Å². The van der Waals surface area contributed by atoms with Gasteiger partial charge in [0, 0.05) is 31.4 Å². The van der Waals surface area contributed by atoms with Crippen molar-refractivity contribution in [2.45, 2.75) is 38.3 Å². The van der Waals surface area contributed by atoms with Crippen LogP contribution < -0.4 is 5.32 Å². The van der Waals surface area contributed by atoms with Gasteiger partial charge in [0.15, 0.2) is 0 Å². The summed E-state index contributed by atoms with van der Waals surface area (Å²) < 4.78 is 1.86. The number of nitrogens with one attached hydrogen (secondary N) is 1. The molecule has 150 valence electrons. The Balaban J connectivity index is 0.000000706. The molecule has 9 heteroatoms. The lowest BCUT2D eigenvalue weighted by Crippen LogP contribution is -2.54. The molecule has 0 radical (unpaired) electrons. The van der Waals surface area contributed by atoms with E-state index in [1.54, 1.807) is 12.3 Å². The van der Waals surface area contributed by atoms with Crippen LogP contribution in [0.15, 0.2) is 30.9 Å². The first-order valence-corrected chi connectivity index (χ1v) is 9.39. The number of hydrogen-bond donors (Lipinski definition) is 2. The number of carbonyl (C=O) groups is 2. The molecule has 1 aliphatic carbocycles. The first-order valence-electron chi connectivity index (χ1n) is 9.39. The van der Waals surface area contributed by atoms with Crippen molar-refractivity contribution in [2.24, 2.45) is 12.5 Å². The lowest BCUT2D eigenvalue weighted by Gasteiger charge is -2.52. The molecular weight excluding hydrogens is 360 g/mol. The second-order valence-electron chi connectivity index (χ2n) is 7.61. The Labute approximate surface area is 163 Å². The molecule has 2 aromatic rings. The molecule has 1 spiro atoms. The van der Waals surface area contributed by atoms with E-state index in [0.717, 1.165) is 32.5 Å². The van der Waals surface area contributed by atoms with Gasteiger partial charge in [0.1, 0.15) is 0 Å². The minimum Gasteiger partial charge on any atom is -0.483 e. The summed E-state index contributed by atoms with van der Waals surface area (Å²) in [5.74, 6) is -0.0382. The number of aryl methyl sites for hydroxylation is 1. The highest BCUT2D eigenvalue weighted by Gasteiger charge is 2.46. The summed E-state index contributed by atoms with van der Waals surface area (Å²) in [6, 6.07) is 2.00. The van der Waals surface area contributed by atoms with Crippen molar-refractivity contribution in [3.63, 3.8) is 0 Å². The molecule has 2 N–H and O–H groups in total. The van der Waals surface area contributed by atoms with Gasteiger partial charge in [-0.15, -0.1) is 0 Å². The van der Waals surface area contributed by atoms with Gasteiger partial charge < -0.3 is 10.4 Å². The topological polar surface area (TPSA) is 113 Å². The molecule has 0 bridgehead atoms. The predicted octanol–water partition coefficient (Wildman–Crippen LogP) is 1.09. The molecule has 1 amide bonds. The largest absolute Gasteiger partial charge is 0.483 e. The fraction of sp³-hybridized carbons (Fsp3) is 0.526. The quantitative estimate of drug-likeness (QED) is 0.756. The number of hydrogen-bond acceptors (Lipinski definition) is 6. The molecule has 0 atom stereocenters. The van der Waals surface area contributed by atoms with Crippen LogP contribution in [-0.4, -0.2) is 61.5 Å². The van der Waals surface area contributed by atoms with Crippen LogP contribution in [0.3, 0.4) is 0 Å². The second kappa shape index (κ2) is 8.92. The summed E-state index contributed by atoms with van der Waals surface area (Å²) in [6.45, 7) is 2.99. The molecule has 4 rings (SSSR count). The van der Waals surface area contributed by atoms with Crippen molar-refractivity contribution in [1.82, 2.24) is 30.2 Å². The lowest BCUT2D eigenvalue weighted by molar-refractivity contribution is -0.122. The van der Waals surface area contributed by atoms with Crippen molar-refractivity contribution in [3.8, 4) is 0 Å². The van der Waals surface area contributed by atoms with E-state index in [2.05, 4.69) is 31.7 Å². The van der Waals surface area contributed by atoms with Crippen LogP contribution in [0.2, 0.25) is 0 Å². The zero-order valence-electron chi connectivity index (χ0n) is 16.0. The van der Waals surface area contributed by atoms with Gasteiger partial charge in [0.05, 0.1) is 24.2 Å². The fourth-order valence-electron chi connectivity index (χ4n) is 4.19. The van der Waals surface area contributed by atoms with E-state index < -0.39 is 0 Å². The average molecular weight is 386 g/mol. The van der Waals surface area contributed by atoms with E-state index in [4.69, 9.17) is 9.90 Å². The fourth-order valence-corrected chi connectivity index (χ4v) is 4.19. The number of likely N-dealkylation sites (tertiary alicyclic amines) is 1. The number of piperidine rings is 1. The molecule has 0 aromatic carbocycles. The van der Waals surface area contributed by atoms with Crippen molar-refractivity contribution in [1.29, 1.82) is 0 Å². The zero-order valence-corrected chi connectivity index (χ0v) is 16.0. The Kier molecular flexibility index (Phi) is 6.35. The third-order valence-electron chi connectivity index (χ3n) is 5.62. The van der Waals surface area contributed by atoms with Crippen molar-refractivity contribution in [3.05, 3.63) is 42.0 Å². The van der Waals surface area contributed by atoms with Crippen LogP contribution in [0.25, 0.3) is 0 Å². The average Bonchev–Trinajstić information content (AvgIpc) is 3.08. The SMILES string of the molecule is Cn1cc(CN2CCC3(CC2)CC(NC(=O)c2ccnnc2)C3)cn1.O=CO. The number of amides is 1. The number of aromatic nitrogens is 4. The molecule has 1 saturated heterocycles. The van der Waals surface area contributed by atoms with Gasteiger partial charge in [-0.25, -0.2) is 0 Å². The molecule has 28 heavy (non-hydrogen) atoms. The lowest BCUT2D eigenvalue weighted by atomic mass is 9.60.